The average Bonchev–Trinajstić information content (AvgIpc) is 2.72. The number of aryl methyl sites for hydroxylation is 1. The van der Waals surface area contributed by atoms with Gasteiger partial charge >= 0.3 is 5.97 Å². The first kappa shape index (κ1) is 15.6. The van der Waals surface area contributed by atoms with E-state index in [-0.39, 0.29) is 5.92 Å². The minimum Gasteiger partial charge on any atom is -0.477 e. The molecule has 1 aromatic rings. The van der Waals surface area contributed by atoms with E-state index in [9.17, 15) is 4.79 Å². The van der Waals surface area contributed by atoms with E-state index in [1.807, 2.05) is 12.2 Å². The Balaban J connectivity index is 2.78. The van der Waals surface area contributed by atoms with Crippen LogP contribution in [0.5, 0.6) is 0 Å². The number of aromatic nitrogens is 1. The number of hydrogen-bond donors (Lipinski definition) is 1. The summed E-state index contributed by atoms with van der Waals surface area (Å²) in [5.74, 6) is -0.709. The van der Waals surface area contributed by atoms with Gasteiger partial charge in [0, 0.05) is 25.6 Å². The molecule has 0 aliphatic heterocycles. The Kier molecular flexibility index (Phi) is 5.92. The minimum atomic E-state index is -0.900. The smallest absolute Gasteiger partial charge is 0.347 e. The quantitative estimate of drug-likeness (QED) is 0.744. The van der Waals surface area contributed by atoms with Crippen molar-refractivity contribution in [3.05, 3.63) is 40.9 Å². The molecule has 1 unspecified atom stereocenters. The SMILES string of the molecule is C=CCN(CC=C)CC(C)c1nc(C)c(C(=O)O)s1. The van der Waals surface area contributed by atoms with Crippen molar-refractivity contribution in [2.75, 3.05) is 19.6 Å². The maximum atomic E-state index is 11.0. The van der Waals surface area contributed by atoms with Crippen molar-refractivity contribution >= 4 is 17.3 Å². The van der Waals surface area contributed by atoms with Crippen molar-refractivity contribution in [1.82, 2.24) is 9.88 Å². The van der Waals surface area contributed by atoms with E-state index in [0.717, 1.165) is 24.6 Å². The van der Waals surface area contributed by atoms with Crippen LogP contribution in [0, 0.1) is 6.92 Å². The van der Waals surface area contributed by atoms with Crippen molar-refractivity contribution in [3.8, 4) is 0 Å². The lowest BCUT2D eigenvalue weighted by atomic mass is 10.2. The number of carboxylic acid groups (broad SMARTS) is 1. The molecule has 0 radical (unpaired) electrons. The van der Waals surface area contributed by atoms with E-state index in [1.54, 1.807) is 6.92 Å². The number of carboxylic acids is 1. The summed E-state index contributed by atoms with van der Waals surface area (Å²) in [6.45, 7) is 13.6. The van der Waals surface area contributed by atoms with Gasteiger partial charge < -0.3 is 5.11 Å². The number of rotatable bonds is 8. The van der Waals surface area contributed by atoms with Crippen LogP contribution in [0.2, 0.25) is 0 Å². The molecule has 0 saturated carbocycles. The molecule has 1 N–H and O–H groups in total. The molecule has 0 aliphatic carbocycles. The summed E-state index contributed by atoms with van der Waals surface area (Å²) in [7, 11) is 0. The molecule has 1 rings (SSSR count). The van der Waals surface area contributed by atoms with E-state index in [2.05, 4.69) is 30.0 Å². The fourth-order valence-electron chi connectivity index (χ4n) is 1.88. The van der Waals surface area contributed by atoms with Crippen LogP contribution in [-0.4, -0.2) is 40.6 Å². The fourth-order valence-corrected chi connectivity index (χ4v) is 2.83. The van der Waals surface area contributed by atoms with Crippen molar-refractivity contribution in [3.63, 3.8) is 0 Å². The van der Waals surface area contributed by atoms with E-state index in [4.69, 9.17) is 5.11 Å². The van der Waals surface area contributed by atoms with Crippen LogP contribution in [0.1, 0.15) is 33.2 Å². The van der Waals surface area contributed by atoms with Gasteiger partial charge in [-0.25, -0.2) is 9.78 Å². The zero-order valence-corrected chi connectivity index (χ0v) is 12.2. The normalized spacial score (nSPS) is 12.4. The highest BCUT2D eigenvalue weighted by Crippen LogP contribution is 2.25. The largest absolute Gasteiger partial charge is 0.477 e. The lowest BCUT2D eigenvalue weighted by Crippen LogP contribution is -2.28. The summed E-state index contributed by atoms with van der Waals surface area (Å²) in [5, 5.41) is 9.91. The highest BCUT2D eigenvalue weighted by Gasteiger charge is 2.19. The molecule has 1 aromatic heterocycles. The Hall–Kier alpha value is -1.46. The molecule has 5 heteroatoms. The zero-order valence-electron chi connectivity index (χ0n) is 11.4. The second-order valence-corrected chi connectivity index (χ2v) is 5.50. The summed E-state index contributed by atoms with van der Waals surface area (Å²) in [6.07, 6.45) is 3.71. The summed E-state index contributed by atoms with van der Waals surface area (Å²) >= 11 is 1.26. The molecular formula is C14H20N2O2S. The van der Waals surface area contributed by atoms with Crippen LogP contribution in [0.25, 0.3) is 0 Å². The average molecular weight is 280 g/mol. The van der Waals surface area contributed by atoms with Gasteiger partial charge in [0.2, 0.25) is 0 Å². The van der Waals surface area contributed by atoms with E-state index < -0.39 is 5.97 Å². The van der Waals surface area contributed by atoms with Gasteiger partial charge in [-0.3, -0.25) is 4.90 Å². The lowest BCUT2D eigenvalue weighted by Gasteiger charge is -2.21. The fraction of sp³-hybridized carbons (Fsp3) is 0.429. The molecule has 1 heterocycles. The molecule has 4 nitrogen and oxygen atoms in total. The van der Waals surface area contributed by atoms with Gasteiger partial charge in [-0.05, 0) is 6.92 Å². The van der Waals surface area contributed by atoms with Gasteiger partial charge in [-0.1, -0.05) is 19.1 Å². The predicted octanol–water partition coefficient (Wildman–Crippen LogP) is 2.93. The molecule has 0 aliphatic rings. The Morgan fingerprint density at radius 3 is 2.47 bits per heavy atom. The van der Waals surface area contributed by atoms with Crippen LogP contribution < -0.4 is 0 Å². The summed E-state index contributed by atoms with van der Waals surface area (Å²) in [6, 6.07) is 0. The molecule has 0 amide bonds. The molecule has 0 fully saturated rings. The van der Waals surface area contributed by atoms with Crippen LogP contribution in [0.3, 0.4) is 0 Å². The lowest BCUT2D eigenvalue weighted by molar-refractivity contribution is 0.0701. The summed E-state index contributed by atoms with van der Waals surface area (Å²) < 4.78 is 0. The van der Waals surface area contributed by atoms with Gasteiger partial charge in [-0.2, -0.15) is 0 Å². The molecule has 0 aromatic carbocycles. The van der Waals surface area contributed by atoms with Gasteiger partial charge in [0.05, 0.1) is 10.7 Å². The first-order valence-corrected chi connectivity index (χ1v) is 6.96. The molecule has 19 heavy (non-hydrogen) atoms. The first-order valence-electron chi connectivity index (χ1n) is 6.14. The van der Waals surface area contributed by atoms with Gasteiger partial charge in [-0.15, -0.1) is 24.5 Å². The number of nitrogens with zero attached hydrogens (tertiary/aromatic N) is 2. The molecular weight excluding hydrogens is 260 g/mol. The van der Waals surface area contributed by atoms with Crippen molar-refractivity contribution < 1.29 is 9.90 Å². The van der Waals surface area contributed by atoms with Crippen molar-refractivity contribution in [2.24, 2.45) is 0 Å². The predicted molar refractivity (Wildman–Crippen MR) is 79.1 cm³/mol. The topological polar surface area (TPSA) is 53.4 Å². The number of hydrogen-bond acceptors (Lipinski definition) is 4. The molecule has 0 saturated heterocycles. The number of thiazole rings is 1. The minimum absolute atomic E-state index is 0.191. The highest BCUT2D eigenvalue weighted by atomic mass is 32.1. The maximum absolute atomic E-state index is 11.0. The monoisotopic (exact) mass is 280 g/mol. The van der Waals surface area contributed by atoms with Gasteiger partial charge in [0.1, 0.15) is 4.88 Å². The standard InChI is InChI=1S/C14H20N2O2S/c1-5-7-16(8-6-2)9-10(3)13-15-11(4)12(19-13)14(17)18/h5-6,10H,1-2,7-9H2,3-4H3,(H,17,18). The second-order valence-electron chi connectivity index (χ2n) is 4.47. The van der Waals surface area contributed by atoms with Crippen molar-refractivity contribution in [1.29, 1.82) is 0 Å². The van der Waals surface area contributed by atoms with Gasteiger partial charge in [0.25, 0.3) is 0 Å². The van der Waals surface area contributed by atoms with E-state index in [0.29, 0.717) is 10.6 Å². The van der Waals surface area contributed by atoms with Crippen LogP contribution in [-0.2, 0) is 0 Å². The van der Waals surface area contributed by atoms with E-state index >= 15 is 0 Å². The third-order valence-electron chi connectivity index (χ3n) is 2.74. The van der Waals surface area contributed by atoms with Crippen molar-refractivity contribution in [2.45, 2.75) is 19.8 Å². The summed E-state index contributed by atoms with van der Waals surface area (Å²) in [4.78, 5) is 17.9. The number of aromatic carboxylic acids is 1. The number of carbonyl (C=O) groups is 1. The van der Waals surface area contributed by atoms with Gasteiger partial charge in [0.15, 0.2) is 0 Å². The molecule has 1 atom stereocenters. The van der Waals surface area contributed by atoms with Crippen LogP contribution in [0.4, 0.5) is 0 Å². The maximum Gasteiger partial charge on any atom is 0.347 e. The Morgan fingerprint density at radius 1 is 1.47 bits per heavy atom. The third-order valence-corrected chi connectivity index (χ3v) is 4.11. The Bertz CT molecular complexity index is 458. The highest BCUT2D eigenvalue weighted by molar-refractivity contribution is 7.13. The first-order chi connectivity index (χ1) is 8.99. The van der Waals surface area contributed by atoms with Crippen LogP contribution >= 0.6 is 11.3 Å². The molecule has 0 bridgehead atoms. The second kappa shape index (κ2) is 7.21. The third kappa shape index (κ3) is 4.29. The molecule has 104 valence electrons. The van der Waals surface area contributed by atoms with Crippen LogP contribution in [0.15, 0.2) is 25.3 Å². The molecule has 0 spiro atoms. The zero-order chi connectivity index (χ0) is 14.4. The Morgan fingerprint density at radius 2 is 2.05 bits per heavy atom. The Labute approximate surface area is 118 Å². The van der Waals surface area contributed by atoms with E-state index in [1.165, 1.54) is 11.3 Å². The summed E-state index contributed by atoms with van der Waals surface area (Å²) in [5.41, 5.74) is 0.596.